The number of hydrogen-bond acceptors (Lipinski definition) is 3. The van der Waals surface area contributed by atoms with E-state index < -0.39 is 18.6 Å². The average Bonchev–Trinajstić information content (AvgIpc) is 3.04. The third kappa shape index (κ3) is 8.25. The Morgan fingerprint density at radius 3 is 2.69 bits per heavy atom. The molecule has 4 atom stereocenters. The predicted molar refractivity (Wildman–Crippen MR) is 111 cm³/mol. The van der Waals surface area contributed by atoms with Crippen LogP contribution in [0.5, 0.6) is 5.75 Å². The van der Waals surface area contributed by atoms with E-state index in [2.05, 4.69) is 0 Å². The highest BCUT2D eigenvalue weighted by molar-refractivity contribution is 5.75. The largest absolute Gasteiger partial charge is 0.487 e. The van der Waals surface area contributed by atoms with Crippen LogP contribution in [0.3, 0.4) is 0 Å². The maximum Gasteiger partial charge on any atom is 0.281 e. The Labute approximate surface area is 173 Å². The van der Waals surface area contributed by atoms with Gasteiger partial charge in [0.05, 0.1) is 6.10 Å². The number of alkyl halides is 2. The SMILES string of the molecule is CC(=O)CCC/C=C\C[C@@H]1[C@@H](C(C)CC(F)(F)COc2ccccc2)CC[C@@H]1O. The summed E-state index contributed by atoms with van der Waals surface area (Å²) >= 11 is 0. The highest BCUT2D eigenvalue weighted by Crippen LogP contribution is 2.42. The normalized spacial score (nSPS) is 23.4. The number of ether oxygens (including phenoxy) is 1. The molecule has 0 aliphatic heterocycles. The van der Waals surface area contributed by atoms with Crippen molar-refractivity contribution in [1.82, 2.24) is 0 Å². The molecular formula is C24H34F2O3. The van der Waals surface area contributed by atoms with Crippen molar-refractivity contribution in [3.8, 4) is 5.75 Å². The summed E-state index contributed by atoms with van der Waals surface area (Å²) in [6, 6.07) is 8.68. The molecule has 1 fully saturated rings. The van der Waals surface area contributed by atoms with E-state index in [9.17, 15) is 18.7 Å². The maximum absolute atomic E-state index is 14.5. The van der Waals surface area contributed by atoms with Crippen LogP contribution < -0.4 is 4.74 Å². The van der Waals surface area contributed by atoms with Crippen molar-refractivity contribution in [3.05, 3.63) is 42.5 Å². The molecule has 1 saturated carbocycles. The summed E-state index contributed by atoms with van der Waals surface area (Å²) in [7, 11) is 0. The predicted octanol–water partition coefficient (Wildman–Crippen LogP) is 5.82. The number of aliphatic hydroxyl groups excluding tert-OH is 1. The molecule has 1 aliphatic rings. The van der Waals surface area contributed by atoms with Crippen LogP contribution in [0.4, 0.5) is 8.78 Å². The zero-order chi connectivity index (χ0) is 21.3. The number of rotatable bonds is 12. The first-order chi connectivity index (χ1) is 13.8. The summed E-state index contributed by atoms with van der Waals surface area (Å²) in [5, 5.41) is 10.3. The number of hydrogen-bond donors (Lipinski definition) is 1. The average molecular weight is 409 g/mol. The van der Waals surface area contributed by atoms with Crippen molar-refractivity contribution in [3.63, 3.8) is 0 Å². The van der Waals surface area contributed by atoms with Gasteiger partial charge < -0.3 is 14.6 Å². The lowest BCUT2D eigenvalue weighted by atomic mass is 9.79. The summed E-state index contributed by atoms with van der Waals surface area (Å²) in [5.41, 5.74) is 0. The van der Waals surface area contributed by atoms with Gasteiger partial charge in [-0.2, -0.15) is 0 Å². The molecule has 5 heteroatoms. The lowest BCUT2D eigenvalue weighted by Gasteiger charge is -2.29. The minimum Gasteiger partial charge on any atom is -0.487 e. The van der Waals surface area contributed by atoms with Crippen molar-refractivity contribution >= 4 is 5.78 Å². The van der Waals surface area contributed by atoms with Crippen molar-refractivity contribution < 1.29 is 23.4 Å². The molecule has 0 radical (unpaired) electrons. The Morgan fingerprint density at radius 2 is 2.00 bits per heavy atom. The number of carbonyl (C=O) groups excluding carboxylic acids is 1. The van der Waals surface area contributed by atoms with Gasteiger partial charge in [-0.1, -0.05) is 37.3 Å². The first-order valence-corrected chi connectivity index (χ1v) is 10.7. The fraction of sp³-hybridized carbons (Fsp3) is 0.625. The molecule has 0 bridgehead atoms. The van der Waals surface area contributed by atoms with Crippen LogP contribution in [0.25, 0.3) is 0 Å². The number of Topliss-reactive ketones (excluding diaryl/α,β-unsaturated/α-hetero) is 1. The molecule has 0 spiro atoms. The molecule has 1 unspecified atom stereocenters. The monoisotopic (exact) mass is 408 g/mol. The minimum atomic E-state index is -2.91. The van der Waals surface area contributed by atoms with Gasteiger partial charge >= 0.3 is 0 Å². The summed E-state index contributed by atoms with van der Waals surface area (Å²) in [6.07, 6.45) is 7.79. The summed E-state index contributed by atoms with van der Waals surface area (Å²) < 4.78 is 34.2. The second kappa shape index (κ2) is 11.4. The lowest BCUT2D eigenvalue weighted by Crippen LogP contribution is -2.32. The maximum atomic E-state index is 14.5. The lowest BCUT2D eigenvalue weighted by molar-refractivity contribution is -0.117. The van der Waals surface area contributed by atoms with E-state index in [1.165, 1.54) is 0 Å². The molecule has 1 N–H and O–H groups in total. The van der Waals surface area contributed by atoms with Crippen LogP contribution in [0, 0.1) is 17.8 Å². The fourth-order valence-electron chi connectivity index (χ4n) is 4.34. The molecule has 0 amide bonds. The van der Waals surface area contributed by atoms with E-state index in [0.717, 1.165) is 19.3 Å². The van der Waals surface area contributed by atoms with Crippen LogP contribution in [0.1, 0.15) is 58.8 Å². The van der Waals surface area contributed by atoms with Gasteiger partial charge in [-0.15, -0.1) is 0 Å². The molecule has 162 valence electrons. The Hall–Kier alpha value is -1.75. The minimum absolute atomic E-state index is 0.0138. The third-order valence-corrected chi connectivity index (χ3v) is 5.86. The number of allylic oxidation sites excluding steroid dienone is 2. The van der Waals surface area contributed by atoms with Gasteiger partial charge in [0.25, 0.3) is 5.92 Å². The van der Waals surface area contributed by atoms with Gasteiger partial charge in [0.15, 0.2) is 6.61 Å². The zero-order valence-electron chi connectivity index (χ0n) is 17.5. The highest BCUT2D eigenvalue weighted by Gasteiger charge is 2.41. The third-order valence-electron chi connectivity index (χ3n) is 5.86. The van der Waals surface area contributed by atoms with Crippen molar-refractivity contribution in [2.24, 2.45) is 17.8 Å². The Bertz CT molecular complexity index is 645. The summed E-state index contributed by atoms with van der Waals surface area (Å²) in [4.78, 5) is 11.0. The van der Waals surface area contributed by atoms with E-state index in [0.29, 0.717) is 25.0 Å². The van der Waals surface area contributed by atoms with E-state index >= 15 is 0 Å². The molecule has 29 heavy (non-hydrogen) atoms. The van der Waals surface area contributed by atoms with Crippen LogP contribution in [0.2, 0.25) is 0 Å². The Balaban J connectivity index is 1.82. The smallest absolute Gasteiger partial charge is 0.281 e. The van der Waals surface area contributed by atoms with Crippen LogP contribution in [0.15, 0.2) is 42.5 Å². The summed E-state index contributed by atoms with van der Waals surface area (Å²) in [5.74, 6) is -2.37. The first kappa shape index (κ1) is 23.5. The molecule has 2 rings (SSSR count). The van der Waals surface area contributed by atoms with Crippen molar-refractivity contribution in [1.29, 1.82) is 0 Å². The van der Waals surface area contributed by atoms with Crippen molar-refractivity contribution in [2.45, 2.75) is 70.8 Å². The van der Waals surface area contributed by atoms with Gasteiger partial charge in [-0.05, 0) is 68.9 Å². The molecular weight excluding hydrogens is 374 g/mol. The van der Waals surface area contributed by atoms with Crippen LogP contribution in [-0.4, -0.2) is 29.5 Å². The number of halogens is 2. The number of aliphatic hydroxyl groups is 1. The van der Waals surface area contributed by atoms with E-state index in [-0.39, 0.29) is 30.0 Å². The van der Waals surface area contributed by atoms with Crippen molar-refractivity contribution in [2.75, 3.05) is 6.61 Å². The molecule has 3 nitrogen and oxygen atoms in total. The standard InChI is InChI=1S/C24H34F2O3/c1-18(16-24(25,26)17-29-20-11-7-5-8-12-20)21-14-15-23(28)22(21)13-9-4-3-6-10-19(2)27/h4-5,7-9,11-12,18,21-23,28H,3,6,10,13-17H2,1-2H3/b9-4-/t18?,21-,22-,23+/m1/s1. The molecule has 0 heterocycles. The second-order valence-corrected chi connectivity index (χ2v) is 8.41. The molecule has 0 aromatic heterocycles. The second-order valence-electron chi connectivity index (χ2n) is 8.41. The van der Waals surface area contributed by atoms with Gasteiger partial charge in [0.1, 0.15) is 11.5 Å². The first-order valence-electron chi connectivity index (χ1n) is 10.7. The molecule has 1 aromatic rings. The van der Waals surface area contributed by atoms with Crippen LogP contribution in [-0.2, 0) is 4.79 Å². The van der Waals surface area contributed by atoms with E-state index in [1.807, 2.05) is 25.1 Å². The molecule has 0 saturated heterocycles. The van der Waals surface area contributed by atoms with E-state index in [1.54, 1.807) is 31.2 Å². The van der Waals surface area contributed by atoms with Gasteiger partial charge in [0, 0.05) is 12.8 Å². The van der Waals surface area contributed by atoms with Crippen LogP contribution >= 0.6 is 0 Å². The number of unbranched alkanes of at least 4 members (excludes halogenated alkanes) is 1. The molecule has 1 aromatic carbocycles. The van der Waals surface area contributed by atoms with E-state index in [4.69, 9.17) is 4.74 Å². The van der Waals surface area contributed by atoms with Gasteiger partial charge in [-0.3, -0.25) is 0 Å². The number of benzene rings is 1. The zero-order valence-corrected chi connectivity index (χ0v) is 17.5. The number of para-hydroxylation sites is 1. The number of ketones is 1. The Morgan fingerprint density at radius 1 is 1.28 bits per heavy atom. The Kier molecular flexibility index (Phi) is 9.28. The number of carbonyl (C=O) groups is 1. The van der Waals surface area contributed by atoms with Gasteiger partial charge in [-0.25, -0.2) is 8.78 Å². The summed E-state index contributed by atoms with van der Waals surface area (Å²) in [6.45, 7) is 2.82. The van der Waals surface area contributed by atoms with Gasteiger partial charge in [0.2, 0.25) is 0 Å². The topological polar surface area (TPSA) is 46.5 Å². The highest BCUT2D eigenvalue weighted by atomic mass is 19.3. The quantitative estimate of drug-likeness (QED) is 0.350. The molecule has 1 aliphatic carbocycles. The fourth-order valence-corrected chi connectivity index (χ4v) is 4.34.